The van der Waals surface area contributed by atoms with Crippen LogP contribution in [0.15, 0.2) is 24.3 Å². The lowest BCUT2D eigenvalue weighted by Crippen LogP contribution is -2.55. The Hall–Kier alpha value is -2.28. The second-order valence-corrected chi connectivity index (χ2v) is 6.09. The number of carbonyl (C=O) groups excluding carboxylic acids is 2. The number of methoxy groups -OCH3 is 1. The van der Waals surface area contributed by atoms with Crippen LogP contribution in [0.3, 0.4) is 0 Å². The topological polar surface area (TPSA) is 65.1 Å². The van der Waals surface area contributed by atoms with E-state index >= 15 is 0 Å². The number of rotatable bonds is 4. The first-order chi connectivity index (χ1) is 11.6. The van der Waals surface area contributed by atoms with E-state index in [1.807, 2.05) is 25.1 Å². The summed E-state index contributed by atoms with van der Waals surface area (Å²) >= 11 is 0. The van der Waals surface area contributed by atoms with Crippen molar-refractivity contribution in [1.29, 1.82) is 0 Å². The van der Waals surface area contributed by atoms with Gasteiger partial charge < -0.3 is 15.0 Å². The van der Waals surface area contributed by atoms with E-state index in [1.54, 1.807) is 7.11 Å². The normalized spacial score (nSPS) is 20.0. The Morgan fingerprint density at radius 3 is 2.50 bits per heavy atom. The Bertz CT molecular complexity index is 614. The third-order valence-electron chi connectivity index (χ3n) is 4.77. The average Bonchev–Trinajstić information content (AvgIpc) is 3.06. The minimum Gasteiger partial charge on any atom is -0.495 e. The van der Waals surface area contributed by atoms with Crippen LogP contribution in [0.4, 0.5) is 10.5 Å². The van der Waals surface area contributed by atoms with Crippen molar-refractivity contribution < 1.29 is 14.3 Å². The summed E-state index contributed by atoms with van der Waals surface area (Å²) < 4.78 is 5.43. The summed E-state index contributed by atoms with van der Waals surface area (Å²) in [5.74, 6) is 0.750. The quantitative estimate of drug-likeness (QED) is 0.882. The van der Waals surface area contributed by atoms with Gasteiger partial charge in [0.15, 0.2) is 0 Å². The number of piperazine rings is 1. The van der Waals surface area contributed by atoms with E-state index in [4.69, 9.17) is 4.74 Å². The van der Waals surface area contributed by atoms with Crippen molar-refractivity contribution in [3.05, 3.63) is 24.3 Å². The number of hydrogen-bond acceptors (Lipinski definition) is 5. The highest BCUT2D eigenvalue weighted by Gasteiger charge is 2.33. The standard InChI is InChI=1S/C17H24N4O3/c1-13(16(22)21-8-7-18-17(21)23)19-9-11-20(12-10-19)14-5-3-4-6-15(14)24-2/h3-6,13H,7-12H2,1-2H3,(H,18,23)/t13-/m1/s1. The van der Waals surface area contributed by atoms with E-state index in [9.17, 15) is 9.59 Å². The fourth-order valence-electron chi connectivity index (χ4n) is 3.30. The molecule has 1 N–H and O–H groups in total. The number of urea groups is 1. The van der Waals surface area contributed by atoms with Gasteiger partial charge in [0.05, 0.1) is 18.8 Å². The Morgan fingerprint density at radius 1 is 1.17 bits per heavy atom. The van der Waals surface area contributed by atoms with Crippen LogP contribution in [0.2, 0.25) is 0 Å². The van der Waals surface area contributed by atoms with Gasteiger partial charge in [-0.05, 0) is 19.1 Å². The molecule has 0 aromatic heterocycles. The lowest BCUT2D eigenvalue weighted by atomic mass is 10.2. The zero-order chi connectivity index (χ0) is 17.1. The number of carbonyl (C=O) groups is 2. The van der Waals surface area contributed by atoms with E-state index in [0.29, 0.717) is 13.1 Å². The van der Waals surface area contributed by atoms with E-state index < -0.39 is 0 Å². The summed E-state index contributed by atoms with van der Waals surface area (Å²) in [6.07, 6.45) is 0. The summed E-state index contributed by atoms with van der Waals surface area (Å²) in [7, 11) is 1.68. The SMILES string of the molecule is COc1ccccc1N1CCN([C@H](C)C(=O)N2CCNC2=O)CC1. The predicted octanol–water partition coefficient (Wildman–Crippen LogP) is 0.758. The molecule has 1 aromatic rings. The van der Waals surface area contributed by atoms with Crippen LogP contribution in [-0.4, -0.2) is 74.2 Å². The monoisotopic (exact) mass is 332 g/mol. The third-order valence-corrected chi connectivity index (χ3v) is 4.77. The average molecular weight is 332 g/mol. The number of ether oxygens (including phenoxy) is 1. The van der Waals surface area contributed by atoms with E-state index in [-0.39, 0.29) is 18.0 Å². The highest BCUT2D eigenvalue weighted by Crippen LogP contribution is 2.28. The van der Waals surface area contributed by atoms with Crippen molar-refractivity contribution >= 4 is 17.6 Å². The van der Waals surface area contributed by atoms with Crippen molar-refractivity contribution in [3.8, 4) is 5.75 Å². The van der Waals surface area contributed by atoms with E-state index in [0.717, 1.165) is 37.6 Å². The molecule has 3 rings (SSSR count). The summed E-state index contributed by atoms with van der Waals surface area (Å²) in [6.45, 7) is 6.09. The molecular weight excluding hydrogens is 308 g/mol. The Kier molecular flexibility index (Phi) is 4.89. The van der Waals surface area contributed by atoms with E-state index in [1.165, 1.54) is 4.90 Å². The van der Waals surface area contributed by atoms with Crippen LogP contribution in [0, 0.1) is 0 Å². The summed E-state index contributed by atoms with van der Waals surface area (Å²) in [5.41, 5.74) is 1.08. The maximum Gasteiger partial charge on any atom is 0.324 e. The van der Waals surface area contributed by atoms with Gasteiger partial charge >= 0.3 is 6.03 Å². The first-order valence-electron chi connectivity index (χ1n) is 8.33. The maximum absolute atomic E-state index is 12.5. The molecule has 2 aliphatic heterocycles. The van der Waals surface area contributed by atoms with Gasteiger partial charge in [0.1, 0.15) is 5.75 Å². The Morgan fingerprint density at radius 2 is 1.88 bits per heavy atom. The van der Waals surface area contributed by atoms with Gasteiger partial charge in [0.2, 0.25) is 5.91 Å². The summed E-state index contributed by atoms with van der Waals surface area (Å²) in [5, 5.41) is 2.68. The van der Waals surface area contributed by atoms with Crippen LogP contribution in [-0.2, 0) is 4.79 Å². The smallest absolute Gasteiger partial charge is 0.324 e. The second-order valence-electron chi connectivity index (χ2n) is 6.09. The molecule has 0 radical (unpaired) electrons. The van der Waals surface area contributed by atoms with Crippen molar-refractivity contribution in [2.24, 2.45) is 0 Å². The Labute approximate surface area is 142 Å². The first kappa shape index (κ1) is 16.6. The molecule has 0 bridgehead atoms. The van der Waals surface area contributed by atoms with Crippen LogP contribution in [0.1, 0.15) is 6.92 Å². The van der Waals surface area contributed by atoms with Crippen molar-refractivity contribution in [2.45, 2.75) is 13.0 Å². The molecule has 1 atom stereocenters. The minimum absolute atomic E-state index is 0.115. The molecule has 0 spiro atoms. The van der Waals surface area contributed by atoms with Crippen LogP contribution in [0.5, 0.6) is 5.75 Å². The number of nitrogens with one attached hydrogen (secondary N) is 1. The number of amides is 3. The molecule has 2 fully saturated rings. The van der Waals surface area contributed by atoms with Gasteiger partial charge in [0.25, 0.3) is 0 Å². The fraction of sp³-hybridized carbons (Fsp3) is 0.529. The van der Waals surface area contributed by atoms with Crippen molar-refractivity contribution in [3.63, 3.8) is 0 Å². The highest BCUT2D eigenvalue weighted by molar-refractivity contribution is 5.98. The van der Waals surface area contributed by atoms with E-state index in [2.05, 4.69) is 21.2 Å². The zero-order valence-corrected chi connectivity index (χ0v) is 14.2. The number of nitrogens with zero attached hydrogens (tertiary/aromatic N) is 3. The van der Waals surface area contributed by atoms with Crippen molar-refractivity contribution in [2.75, 3.05) is 51.3 Å². The lowest BCUT2D eigenvalue weighted by Gasteiger charge is -2.39. The predicted molar refractivity (Wildman–Crippen MR) is 91.4 cm³/mol. The van der Waals surface area contributed by atoms with Gasteiger partial charge in [-0.1, -0.05) is 12.1 Å². The van der Waals surface area contributed by atoms with Gasteiger partial charge in [0, 0.05) is 39.3 Å². The summed E-state index contributed by atoms with van der Waals surface area (Å²) in [6, 6.07) is 7.41. The van der Waals surface area contributed by atoms with Crippen LogP contribution in [0.25, 0.3) is 0 Å². The molecule has 7 nitrogen and oxygen atoms in total. The fourth-order valence-corrected chi connectivity index (χ4v) is 3.30. The molecule has 2 aliphatic rings. The van der Waals surface area contributed by atoms with Gasteiger partial charge in [-0.3, -0.25) is 14.6 Å². The maximum atomic E-state index is 12.5. The van der Waals surface area contributed by atoms with Gasteiger partial charge in [-0.2, -0.15) is 0 Å². The molecule has 2 saturated heterocycles. The molecule has 1 aromatic carbocycles. The molecule has 0 aliphatic carbocycles. The third kappa shape index (κ3) is 3.17. The highest BCUT2D eigenvalue weighted by atomic mass is 16.5. The lowest BCUT2D eigenvalue weighted by molar-refractivity contribution is -0.132. The van der Waals surface area contributed by atoms with Crippen molar-refractivity contribution in [1.82, 2.24) is 15.1 Å². The molecule has 130 valence electrons. The molecular formula is C17H24N4O3. The number of para-hydroxylation sites is 2. The van der Waals surface area contributed by atoms with Gasteiger partial charge in [-0.15, -0.1) is 0 Å². The number of hydrogen-bond donors (Lipinski definition) is 1. The number of benzene rings is 1. The molecule has 3 amide bonds. The first-order valence-corrected chi connectivity index (χ1v) is 8.33. The number of imide groups is 1. The second kappa shape index (κ2) is 7.09. The minimum atomic E-state index is -0.284. The van der Waals surface area contributed by atoms with Gasteiger partial charge in [-0.25, -0.2) is 4.79 Å². The number of anilines is 1. The molecule has 7 heteroatoms. The molecule has 0 saturated carbocycles. The molecule has 24 heavy (non-hydrogen) atoms. The molecule has 2 heterocycles. The summed E-state index contributed by atoms with van der Waals surface area (Å²) in [4.78, 5) is 29.9. The zero-order valence-electron chi connectivity index (χ0n) is 14.2. The van der Waals surface area contributed by atoms with Crippen LogP contribution >= 0.6 is 0 Å². The molecule has 0 unspecified atom stereocenters. The van der Waals surface area contributed by atoms with Crippen LogP contribution < -0.4 is 15.0 Å². The Balaban J connectivity index is 1.60. The largest absolute Gasteiger partial charge is 0.495 e.